The largest absolute Gasteiger partial charge is 0.295 e. The quantitative estimate of drug-likeness (QED) is 0.816. The van der Waals surface area contributed by atoms with Gasteiger partial charge in [0.05, 0.1) is 0 Å². The van der Waals surface area contributed by atoms with Crippen molar-refractivity contribution in [2.75, 3.05) is 0 Å². The van der Waals surface area contributed by atoms with E-state index in [-0.39, 0.29) is 29.1 Å². The lowest BCUT2D eigenvalue weighted by atomic mass is 9.89. The molecule has 1 rings (SSSR count). The van der Waals surface area contributed by atoms with Gasteiger partial charge in [-0.25, -0.2) is 0 Å². The van der Waals surface area contributed by atoms with Gasteiger partial charge in [0.25, 0.3) is 10.1 Å². The Morgan fingerprint density at radius 1 is 0.850 bits per heavy atom. The second kappa shape index (κ2) is 6.92. The van der Waals surface area contributed by atoms with Crippen molar-refractivity contribution >= 4 is 22.5 Å². The van der Waals surface area contributed by atoms with E-state index in [1.807, 2.05) is 39.8 Å². The molecule has 0 heterocycles. The van der Waals surface area contributed by atoms with E-state index in [0.29, 0.717) is 17.0 Å². The lowest BCUT2D eigenvalue weighted by Gasteiger charge is -2.20. The van der Waals surface area contributed by atoms with Crippen molar-refractivity contribution in [3.63, 3.8) is 0 Å². The Hall–Kier alpha value is -0.580. The fourth-order valence-corrected chi connectivity index (χ4v) is 3.37. The molecule has 0 saturated heterocycles. The molecular weight excluding hydrogens is 296 g/mol. The molecule has 0 fully saturated rings. The first-order valence-corrected chi connectivity index (χ1v) is 8.14. The molecule has 0 aliphatic carbocycles. The van der Waals surface area contributed by atoms with Crippen LogP contribution in [0.2, 0.25) is 0 Å². The van der Waals surface area contributed by atoms with E-state index >= 15 is 0 Å². The number of hydrogen-bond donors (Lipinski definition) is 1. The first-order chi connectivity index (χ1) is 8.55. The Morgan fingerprint density at radius 3 is 1.40 bits per heavy atom. The standard InChI is InChI=1S/C15H24O3S.ClH/c1-9(2)12-7-13(10(3)4)15(19(16,17)18)14(8-12)11(5)6;/h7-11H,1-6H3,(H,16,17,18);1H. The summed E-state index contributed by atoms with van der Waals surface area (Å²) in [6.45, 7) is 11.9. The van der Waals surface area contributed by atoms with Gasteiger partial charge in [-0.1, -0.05) is 53.7 Å². The third-order valence-electron chi connectivity index (χ3n) is 3.34. The molecular formula is C15H25ClO3S. The van der Waals surface area contributed by atoms with Gasteiger partial charge in [0.15, 0.2) is 0 Å². The van der Waals surface area contributed by atoms with Crippen molar-refractivity contribution in [3.8, 4) is 0 Å². The van der Waals surface area contributed by atoms with Crippen LogP contribution in [0.5, 0.6) is 0 Å². The molecule has 20 heavy (non-hydrogen) atoms. The average Bonchev–Trinajstić information content (AvgIpc) is 2.25. The second-order valence-corrected chi connectivity index (χ2v) is 7.33. The summed E-state index contributed by atoms with van der Waals surface area (Å²) in [5.41, 5.74) is 2.52. The molecule has 0 atom stereocenters. The van der Waals surface area contributed by atoms with Gasteiger partial charge in [0.2, 0.25) is 0 Å². The van der Waals surface area contributed by atoms with E-state index in [0.717, 1.165) is 5.56 Å². The number of benzene rings is 1. The van der Waals surface area contributed by atoms with Gasteiger partial charge in [-0.05, 0) is 34.4 Å². The summed E-state index contributed by atoms with van der Waals surface area (Å²) in [6, 6.07) is 3.81. The maximum atomic E-state index is 11.7. The highest BCUT2D eigenvalue weighted by Gasteiger charge is 2.24. The zero-order valence-corrected chi connectivity index (χ0v) is 14.6. The maximum Gasteiger partial charge on any atom is 0.295 e. The van der Waals surface area contributed by atoms with Crippen LogP contribution in [0.25, 0.3) is 0 Å². The lowest BCUT2D eigenvalue weighted by Crippen LogP contribution is -2.11. The predicted molar refractivity (Wildman–Crippen MR) is 85.8 cm³/mol. The Labute approximate surface area is 128 Å². The van der Waals surface area contributed by atoms with Crippen LogP contribution in [0.1, 0.15) is 76.0 Å². The molecule has 0 aliphatic heterocycles. The molecule has 5 heteroatoms. The Balaban J connectivity index is 0.00000361. The maximum absolute atomic E-state index is 11.7. The minimum atomic E-state index is -4.20. The van der Waals surface area contributed by atoms with Crippen LogP contribution in [-0.2, 0) is 10.1 Å². The molecule has 0 saturated carbocycles. The van der Waals surface area contributed by atoms with Gasteiger partial charge >= 0.3 is 0 Å². The molecule has 0 radical (unpaired) electrons. The highest BCUT2D eigenvalue weighted by atomic mass is 35.5. The molecule has 1 N–H and O–H groups in total. The van der Waals surface area contributed by atoms with Gasteiger partial charge in [0, 0.05) is 0 Å². The van der Waals surface area contributed by atoms with Gasteiger partial charge in [-0.2, -0.15) is 8.42 Å². The zero-order valence-electron chi connectivity index (χ0n) is 13.0. The van der Waals surface area contributed by atoms with Crippen molar-refractivity contribution in [2.24, 2.45) is 0 Å². The molecule has 1 aromatic carbocycles. The van der Waals surface area contributed by atoms with Crippen molar-refractivity contribution in [2.45, 2.75) is 64.2 Å². The van der Waals surface area contributed by atoms with Crippen molar-refractivity contribution in [3.05, 3.63) is 28.8 Å². The van der Waals surface area contributed by atoms with E-state index in [4.69, 9.17) is 0 Å². The molecule has 0 bridgehead atoms. The summed E-state index contributed by atoms with van der Waals surface area (Å²) in [5, 5.41) is 0. The average molecular weight is 321 g/mol. The molecule has 0 unspecified atom stereocenters. The Bertz CT molecular complexity index is 531. The number of halogens is 1. The first kappa shape index (κ1) is 19.4. The van der Waals surface area contributed by atoms with Crippen LogP contribution < -0.4 is 0 Å². The van der Waals surface area contributed by atoms with Crippen LogP contribution in [0, 0.1) is 0 Å². The van der Waals surface area contributed by atoms with Crippen molar-refractivity contribution < 1.29 is 13.0 Å². The summed E-state index contributed by atoms with van der Waals surface area (Å²) < 4.78 is 33.0. The molecule has 0 amide bonds. The lowest BCUT2D eigenvalue weighted by molar-refractivity contribution is 0.479. The minimum Gasteiger partial charge on any atom is -0.282 e. The summed E-state index contributed by atoms with van der Waals surface area (Å²) >= 11 is 0. The first-order valence-electron chi connectivity index (χ1n) is 6.70. The van der Waals surface area contributed by atoms with Gasteiger partial charge < -0.3 is 0 Å². The van der Waals surface area contributed by atoms with E-state index in [2.05, 4.69) is 13.8 Å². The summed E-state index contributed by atoms with van der Waals surface area (Å²) in [5.74, 6) is 0.423. The van der Waals surface area contributed by atoms with E-state index < -0.39 is 10.1 Å². The van der Waals surface area contributed by atoms with Gasteiger partial charge in [0.1, 0.15) is 4.90 Å². The molecule has 116 valence electrons. The highest BCUT2D eigenvalue weighted by Crippen LogP contribution is 2.34. The molecule has 1 aromatic rings. The summed E-state index contributed by atoms with van der Waals surface area (Å²) in [6.07, 6.45) is 0. The third-order valence-corrected chi connectivity index (χ3v) is 4.32. The summed E-state index contributed by atoms with van der Waals surface area (Å²) in [7, 11) is -4.20. The van der Waals surface area contributed by atoms with Crippen LogP contribution >= 0.6 is 12.4 Å². The smallest absolute Gasteiger partial charge is 0.282 e. The highest BCUT2D eigenvalue weighted by molar-refractivity contribution is 7.86. The minimum absolute atomic E-state index is 0. The van der Waals surface area contributed by atoms with E-state index in [9.17, 15) is 13.0 Å². The van der Waals surface area contributed by atoms with Crippen LogP contribution in [0.3, 0.4) is 0 Å². The molecule has 0 aliphatic rings. The van der Waals surface area contributed by atoms with Gasteiger partial charge in [-0.15, -0.1) is 12.4 Å². The van der Waals surface area contributed by atoms with Crippen LogP contribution in [0.15, 0.2) is 17.0 Å². The monoisotopic (exact) mass is 320 g/mol. The van der Waals surface area contributed by atoms with Crippen LogP contribution in [0.4, 0.5) is 0 Å². The second-order valence-electron chi connectivity index (χ2n) is 5.97. The summed E-state index contributed by atoms with van der Waals surface area (Å²) in [4.78, 5) is 0.0990. The number of rotatable bonds is 4. The predicted octanol–water partition coefficient (Wildman–Crippen LogP) is 4.73. The van der Waals surface area contributed by atoms with Crippen LogP contribution in [-0.4, -0.2) is 13.0 Å². The third kappa shape index (κ3) is 4.21. The van der Waals surface area contributed by atoms with Crippen molar-refractivity contribution in [1.82, 2.24) is 0 Å². The van der Waals surface area contributed by atoms with E-state index in [1.165, 1.54) is 0 Å². The molecule has 3 nitrogen and oxygen atoms in total. The molecule has 0 spiro atoms. The SMILES string of the molecule is CC(C)c1cc(C(C)C)c(S(=O)(=O)O)c(C(C)C)c1.Cl. The normalized spacial score (nSPS) is 12.1. The van der Waals surface area contributed by atoms with Gasteiger partial charge in [-0.3, -0.25) is 4.55 Å². The number of hydrogen-bond acceptors (Lipinski definition) is 2. The van der Waals surface area contributed by atoms with Crippen molar-refractivity contribution in [1.29, 1.82) is 0 Å². The topological polar surface area (TPSA) is 54.4 Å². The zero-order chi connectivity index (χ0) is 15.0. The Kier molecular flexibility index (Phi) is 6.72. The molecule has 0 aromatic heterocycles. The fourth-order valence-electron chi connectivity index (χ4n) is 2.19. The Morgan fingerprint density at radius 2 is 1.20 bits per heavy atom. The fraction of sp³-hybridized carbons (Fsp3) is 0.600. The van der Waals surface area contributed by atoms with E-state index in [1.54, 1.807) is 0 Å².